The van der Waals surface area contributed by atoms with Crippen molar-refractivity contribution in [3.05, 3.63) is 0 Å². The molecule has 0 fully saturated rings. The van der Waals surface area contributed by atoms with Crippen molar-refractivity contribution in [3.8, 4) is 0 Å². The van der Waals surface area contributed by atoms with Gasteiger partial charge in [0.2, 0.25) is 5.91 Å². The Morgan fingerprint density at radius 2 is 1.73 bits per heavy atom. The molecule has 9 heteroatoms. The highest BCUT2D eigenvalue weighted by molar-refractivity contribution is 6.28. The van der Waals surface area contributed by atoms with Gasteiger partial charge >= 0.3 is 12.1 Å². The first-order valence-corrected chi connectivity index (χ1v) is 7.10. The van der Waals surface area contributed by atoms with E-state index in [1.165, 1.54) is 6.92 Å². The maximum atomic E-state index is 11.9. The highest BCUT2D eigenvalue weighted by atomic mass is 35.5. The Hall–Kier alpha value is -1.83. The Balaban J connectivity index is 4.63. The van der Waals surface area contributed by atoms with Crippen molar-refractivity contribution in [2.24, 2.45) is 0 Å². The van der Waals surface area contributed by atoms with Gasteiger partial charge in [0.1, 0.15) is 11.6 Å². The molecular weight excluding hydrogens is 316 g/mol. The van der Waals surface area contributed by atoms with E-state index >= 15 is 0 Å². The molecule has 8 nitrogen and oxygen atoms in total. The van der Waals surface area contributed by atoms with Crippen LogP contribution in [0.15, 0.2) is 0 Å². The zero-order valence-electron chi connectivity index (χ0n) is 12.9. The van der Waals surface area contributed by atoms with Crippen LogP contribution in [-0.4, -0.2) is 52.4 Å². The summed E-state index contributed by atoms with van der Waals surface area (Å²) in [6, 6.07) is -2.25. The van der Waals surface area contributed by atoms with E-state index < -0.39 is 53.7 Å². The number of carbonyl (C=O) groups is 4. The first-order chi connectivity index (χ1) is 9.96. The van der Waals surface area contributed by atoms with E-state index in [4.69, 9.17) is 21.4 Å². The van der Waals surface area contributed by atoms with Gasteiger partial charge in [0, 0.05) is 0 Å². The molecule has 3 N–H and O–H groups in total. The molecule has 0 aliphatic heterocycles. The minimum Gasteiger partial charge on any atom is -0.481 e. The Labute approximate surface area is 133 Å². The third kappa shape index (κ3) is 8.46. The van der Waals surface area contributed by atoms with E-state index in [1.54, 1.807) is 20.8 Å². The second kappa shape index (κ2) is 8.57. The summed E-state index contributed by atoms with van der Waals surface area (Å²) in [5.74, 6) is -3.01. The van der Waals surface area contributed by atoms with Crippen LogP contribution in [0.2, 0.25) is 0 Å². The van der Waals surface area contributed by atoms with Crippen LogP contribution in [0.1, 0.15) is 34.1 Å². The summed E-state index contributed by atoms with van der Waals surface area (Å²) in [5, 5.41) is 13.2. The number of aliphatic carboxylic acids is 1. The number of amides is 2. The molecule has 2 atom stereocenters. The van der Waals surface area contributed by atoms with E-state index in [1.807, 2.05) is 0 Å². The Kier molecular flexibility index (Phi) is 7.86. The summed E-state index contributed by atoms with van der Waals surface area (Å²) in [4.78, 5) is 45.6. The molecule has 0 saturated heterocycles. The fourth-order valence-corrected chi connectivity index (χ4v) is 1.55. The Bertz CT molecular complexity index is 446. The van der Waals surface area contributed by atoms with Gasteiger partial charge < -0.3 is 20.5 Å². The lowest BCUT2D eigenvalue weighted by Crippen LogP contribution is -2.51. The average molecular weight is 337 g/mol. The molecule has 0 heterocycles. The Morgan fingerprint density at radius 1 is 1.18 bits per heavy atom. The third-order valence-electron chi connectivity index (χ3n) is 2.34. The molecule has 0 aliphatic rings. The normalized spacial score (nSPS) is 13.7. The van der Waals surface area contributed by atoms with Crippen molar-refractivity contribution in [2.45, 2.75) is 51.8 Å². The number of hydrogen-bond donors (Lipinski definition) is 3. The van der Waals surface area contributed by atoms with Crippen molar-refractivity contribution in [1.82, 2.24) is 10.6 Å². The number of carboxylic acid groups (broad SMARTS) is 1. The van der Waals surface area contributed by atoms with Crippen LogP contribution in [0.4, 0.5) is 4.79 Å². The number of carboxylic acids is 1. The molecule has 2 amide bonds. The second-order valence-corrected chi connectivity index (χ2v) is 5.89. The number of Topliss-reactive ketones (excluding diaryl/α,β-unsaturated/α-hetero) is 1. The summed E-state index contributed by atoms with van der Waals surface area (Å²) >= 11 is 5.37. The number of rotatable bonds is 7. The van der Waals surface area contributed by atoms with E-state index in [2.05, 4.69) is 10.6 Å². The number of ether oxygens (including phenoxy) is 1. The minimum absolute atomic E-state index is 0.425. The van der Waals surface area contributed by atoms with Gasteiger partial charge in [0.15, 0.2) is 5.78 Å². The summed E-state index contributed by atoms with van der Waals surface area (Å²) < 4.78 is 4.98. The molecule has 0 unspecified atom stereocenters. The van der Waals surface area contributed by atoms with Crippen molar-refractivity contribution in [3.63, 3.8) is 0 Å². The number of carbonyl (C=O) groups excluding carboxylic acids is 3. The van der Waals surface area contributed by atoms with Gasteiger partial charge in [-0.3, -0.25) is 14.4 Å². The van der Waals surface area contributed by atoms with Crippen molar-refractivity contribution < 1.29 is 29.0 Å². The first-order valence-electron chi connectivity index (χ1n) is 6.56. The van der Waals surface area contributed by atoms with E-state index in [9.17, 15) is 19.2 Å². The maximum absolute atomic E-state index is 11.9. The molecule has 0 aromatic carbocycles. The Morgan fingerprint density at radius 3 is 2.14 bits per heavy atom. The summed E-state index contributed by atoms with van der Waals surface area (Å²) in [5.41, 5.74) is -0.722. The molecule has 0 rings (SSSR count). The number of nitrogens with one attached hydrogen (secondary N) is 2. The molecule has 22 heavy (non-hydrogen) atoms. The van der Waals surface area contributed by atoms with Crippen LogP contribution in [0.5, 0.6) is 0 Å². The number of alkyl carbamates (subject to hydrolysis) is 1. The third-order valence-corrected chi connectivity index (χ3v) is 2.61. The number of halogens is 1. The largest absolute Gasteiger partial charge is 0.481 e. The predicted octanol–water partition coefficient (Wildman–Crippen LogP) is 0.667. The van der Waals surface area contributed by atoms with Crippen molar-refractivity contribution in [1.29, 1.82) is 0 Å². The summed E-state index contributed by atoms with van der Waals surface area (Å²) in [7, 11) is 0. The van der Waals surface area contributed by atoms with E-state index in [0.29, 0.717) is 0 Å². The number of alkyl halides is 1. The second-order valence-electron chi connectivity index (χ2n) is 5.63. The highest BCUT2D eigenvalue weighted by Crippen LogP contribution is 2.06. The zero-order chi connectivity index (χ0) is 17.5. The summed E-state index contributed by atoms with van der Waals surface area (Å²) in [6.07, 6.45) is -1.38. The van der Waals surface area contributed by atoms with Crippen molar-refractivity contribution in [2.75, 3.05) is 5.88 Å². The minimum atomic E-state index is -1.25. The highest BCUT2D eigenvalue weighted by Gasteiger charge is 2.26. The molecule has 0 aliphatic carbocycles. The molecule has 0 aromatic heterocycles. The van der Waals surface area contributed by atoms with Crippen molar-refractivity contribution >= 4 is 35.4 Å². The van der Waals surface area contributed by atoms with Gasteiger partial charge in [-0.2, -0.15) is 0 Å². The van der Waals surface area contributed by atoms with E-state index in [-0.39, 0.29) is 0 Å². The van der Waals surface area contributed by atoms with Crippen LogP contribution in [0.25, 0.3) is 0 Å². The summed E-state index contributed by atoms with van der Waals surface area (Å²) in [6.45, 7) is 6.38. The van der Waals surface area contributed by atoms with Crippen LogP contribution >= 0.6 is 11.6 Å². The predicted molar refractivity (Wildman–Crippen MR) is 78.7 cm³/mol. The topological polar surface area (TPSA) is 122 Å². The quantitative estimate of drug-likeness (QED) is 0.587. The first kappa shape index (κ1) is 20.2. The van der Waals surface area contributed by atoms with Crippen LogP contribution in [0, 0.1) is 0 Å². The molecule has 0 bridgehead atoms. The van der Waals surface area contributed by atoms with Gasteiger partial charge in [0.25, 0.3) is 0 Å². The maximum Gasteiger partial charge on any atom is 0.408 e. The lowest BCUT2D eigenvalue weighted by atomic mass is 10.1. The van der Waals surface area contributed by atoms with Gasteiger partial charge in [0.05, 0.1) is 18.3 Å². The fraction of sp³-hybridized carbons (Fsp3) is 0.692. The fourth-order valence-electron chi connectivity index (χ4n) is 1.36. The molecule has 0 saturated carbocycles. The average Bonchev–Trinajstić information content (AvgIpc) is 2.33. The molecule has 0 spiro atoms. The smallest absolute Gasteiger partial charge is 0.408 e. The standard InChI is InChI=1S/C13H21ClN2O6/c1-7(15-12(21)22-13(2,3)4)11(20)16-8(5-10(18)19)9(17)6-14/h7-8H,5-6H2,1-4H3,(H,15,21)(H,16,20)(H,18,19)/t7-,8-/m0/s1. The molecular formula is C13H21ClN2O6. The zero-order valence-corrected chi connectivity index (χ0v) is 13.7. The van der Waals surface area contributed by atoms with Crippen LogP contribution < -0.4 is 10.6 Å². The van der Waals surface area contributed by atoms with E-state index in [0.717, 1.165) is 0 Å². The lowest BCUT2D eigenvalue weighted by Gasteiger charge is -2.22. The van der Waals surface area contributed by atoms with Crippen LogP contribution in [-0.2, 0) is 19.1 Å². The van der Waals surface area contributed by atoms with Gasteiger partial charge in [-0.25, -0.2) is 4.79 Å². The van der Waals surface area contributed by atoms with Crippen LogP contribution in [0.3, 0.4) is 0 Å². The monoisotopic (exact) mass is 336 g/mol. The lowest BCUT2D eigenvalue weighted by molar-refractivity contribution is -0.140. The van der Waals surface area contributed by atoms with Gasteiger partial charge in [-0.05, 0) is 27.7 Å². The number of ketones is 1. The molecule has 0 radical (unpaired) electrons. The van der Waals surface area contributed by atoms with Gasteiger partial charge in [-0.15, -0.1) is 11.6 Å². The SMILES string of the molecule is C[C@H](NC(=O)OC(C)(C)C)C(=O)N[C@@H](CC(=O)O)C(=O)CCl. The molecule has 0 aromatic rings. The number of hydrogen-bond acceptors (Lipinski definition) is 5. The molecule has 126 valence electrons. The van der Waals surface area contributed by atoms with Gasteiger partial charge in [-0.1, -0.05) is 0 Å².